The van der Waals surface area contributed by atoms with E-state index in [1.807, 2.05) is 0 Å². The number of alkyl halides is 1. The Kier molecular flexibility index (Phi) is 6.24. The molecule has 0 N–H and O–H groups in total. The fourth-order valence-electron chi connectivity index (χ4n) is 0.758. The highest BCUT2D eigenvalue weighted by molar-refractivity contribution is 6.19. The fourth-order valence-corrected chi connectivity index (χ4v) is 0.853. The third-order valence-corrected chi connectivity index (χ3v) is 1.85. The summed E-state index contributed by atoms with van der Waals surface area (Å²) in [5.41, 5.74) is 0.677. The molecule has 0 atom stereocenters. The van der Waals surface area contributed by atoms with Crippen molar-refractivity contribution in [2.75, 3.05) is 13.0 Å². The second-order valence-electron chi connectivity index (χ2n) is 2.68. The van der Waals surface area contributed by atoms with Crippen LogP contribution in [0.4, 0.5) is 0 Å². The molecule has 74 valence electrons. The molecule has 13 heavy (non-hydrogen) atoms. The summed E-state index contributed by atoms with van der Waals surface area (Å²) in [5.74, 6) is -0.120. The number of ketones is 1. The number of halogens is 1. The van der Waals surface area contributed by atoms with E-state index >= 15 is 0 Å². The van der Waals surface area contributed by atoms with Crippen molar-refractivity contribution >= 4 is 23.4 Å². The molecule has 0 bridgehead atoms. The minimum absolute atomic E-state index is 0.0314. The summed E-state index contributed by atoms with van der Waals surface area (Å²) >= 11 is 5.44. The Morgan fingerprint density at radius 1 is 1.38 bits per heavy atom. The van der Waals surface area contributed by atoms with E-state index in [0.29, 0.717) is 5.57 Å². The topological polar surface area (TPSA) is 43.4 Å². The third-order valence-electron chi connectivity index (χ3n) is 1.47. The van der Waals surface area contributed by atoms with Gasteiger partial charge in [-0.05, 0) is 0 Å². The minimum atomic E-state index is -0.371. The first-order valence-corrected chi connectivity index (χ1v) is 4.44. The maximum atomic E-state index is 11.1. The van der Waals surface area contributed by atoms with Crippen molar-refractivity contribution in [1.82, 2.24) is 0 Å². The SMILES string of the molecule is C=C(CCl)CC(=O)CCC(=O)OC. The first kappa shape index (κ1) is 12.2. The average Bonchev–Trinajstić information content (AvgIpc) is 2.13. The van der Waals surface area contributed by atoms with Gasteiger partial charge in [-0.3, -0.25) is 9.59 Å². The first-order valence-electron chi connectivity index (χ1n) is 3.91. The van der Waals surface area contributed by atoms with Crippen LogP contribution in [0.2, 0.25) is 0 Å². The molecule has 0 aliphatic carbocycles. The van der Waals surface area contributed by atoms with E-state index in [2.05, 4.69) is 11.3 Å². The Balaban J connectivity index is 3.63. The summed E-state index contributed by atoms with van der Waals surface area (Å²) in [6.45, 7) is 3.59. The van der Waals surface area contributed by atoms with E-state index in [0.717, 1.165) is 0 Å². The van der Waals surface area contributed by atoms with E-state index in [1.54, 1.807) is 0 Å². The second kappa shape index (κ2) is 6.66. The van der Waals surface area contributed by atoms with Gasteiger partial charge in [0.05, 0.1) is 13.5 Å². The third kappa shape index (κ3) is 6.34. The molecule has 0 aromatic heterocycles. The smallest absolute Gasteiger partial charge is 0.305 e. The Labute approximate surface area is 82.7 Å². The molecule has 0 aromatic carbocycles. The van der Waals surface area contributed by atoms with Crippen LogP contribution in [-0.4, -0.2) is 24.7 Å². The molecule has 0 amide bonds. The Morgan fingerprint density at radius 2 is 2.00 bits per heavy atom. The average molecular weight is 205 g/mol. The predicted molar refractivity (Wildman–Crippen MR) is 50.7 cm³/mol. The molecule has 0 saturated heterocycles. The molecule has 0 aliphatic heterocycles. The largest absolute Gasteiger partial charge is 0.469 e. The van der Waals surface area contributed by atoms with Crippen molar-refractivity contribution in [2.24, 2.45) is 0 Å². The van der Waals surface area contributed by atoms with Gasteiger partial charge in [-0.15, -0.1) is 11.6 Å². The van der Waals surface area contributed by atoms with E-state index in [-0.39, 0.29) is 36.9 Å². The standard InChI is InChI=1S/C9H13ClO3/c1-7(6-10)5-8(11)3-4-9(12)13-2/h1,3-6H2,2H3. The molecule has 3 nitrogen and oxygen atoms in total. The van der Waals surface area contributed by atoms with Crippen LogP contribution in [0, 0.1) is 0 Å². The number of esters is 1. The summed E-state index contributed by atoms with van der Waals surface area (Å²) in [4.78, 5) is 21.8. The maximum absolute atomic E-state index is 11.1. The highest BCUT2D eigenvalue weighted by atomic mass is 35.5. The molecule has 0 aromatic rings. The summed E-state index contributed by atoms with van der Waals surface area (Å²) in [7, 11) is 1.30. The van der Waals surface area contributed by atoms with Crippen LogP contribution >= 0.6 is 11.6 Å². The van der Waals surface area contributed by atoms with Crippen molar-refractivity contribution in [1.29, 1.82) is 0 Å². The number of carbonyl (C=O) groups is 2. The lowest BCUT2D eigenvalue weighted by Crippen LogP contribution is -2.06. The van der Waals surface area contributed by atoms with Gasteiger partial charge in [0, 0.05) is 18.7 Å². The van der Waals surface area contributed by atoms with E-state index in [9.17, 15) is 9.59 Å². The Morgan fingerprint density at radius 3 is 2.46 bits per heavy atom. The van der Waals surface area contributed by atoms with Crippen LogP contribution in [0.3, 0.4) is 0 Å². The normalized spacial score (nSPS) is 9.38. The van der Waals surface area contributed by atoms with Gasteiger partial charge >= 0.3 is 5.97 Å². The summed E-state index contributed by atoms with van der Waals surface area (Å²) < 4.78 is 4.39. The number of hydrogen-bond donors (Lipinski definition) is 0. The van der Waals surface area contributed by atoms with E-state index in [1.165, 1.54) is 7.11 Å². The summed E-state index contributed by atoms with van der Waals surface area (Å²) in [6, 6.07) is 0. The summed E-state index contributed by atoms with van der Waals surface area (Å²) in [5, 5.41) is 0. The minimum Gasteiger partial charge on any atom is -0.469 e. The number of Topliss-reactive ketones (excluding diaryl/α,β-unsaturated/α-hetero) is 1. The van der Waals surface area contributed by atoms with E-state index < -0.39 is 0 Å². The fraction of sp³-hybridized carbons (Fsp3) is 0.556. The zero-order valence-corrected chi connectivity index (χ0v) is 8.39. The van der Waals surface area contributed by atoms with Gasteiger partial charge in [-0.25, -0.2) is 0 Å². The number of rotatable bonds is 6. The van der Waals surface area contributed by atoms with Gasteiger partial charge in [-0.1, -0.05) is 12.2 Å². The van der Waals surface area contributed by atoms with Crippen molar-refractivity contribution in [3.63, 3.8) is 0 Å². The van der Waals surface area contributed by atoms with Crippen LogP contribution in [0.25, 0.3) is 0 Å². The quantitative estimate of drug-likeness (QED) is 0.376. The number of hydrogen-bond acceptors (Lipinski definition) is 3. The molecule has 0 unspecified atom stereocenters. The van der Waals surface area contributed by atoms with Crippen LogP contribution in [0.15, 0.2) is 12.2 Å². The highest BCUT2D eigenvalue weighted by Crippen LogP contribution is 2.05. The van der Waals surface area contributed by atoms with Crippen molar-refractivity contribution in [3.8, 4) is 0 Å². The molecule has 4 heteroatoms. The zero-order chi connectivity index (χ0) is 10.3. The molecule has 0 heterocycles. The predicted octanol–water partition coefficient (Wildman–Crippen LogP) is 1.69. The molecule has 0 spiro atoms. The summed E-state index contributed by atoms with van der Waals surface area (Å²) in [6.07, 6.45) is 0.577. The van der Waals surface area contributed by atoms with Crippen molar-refractivity contribution in [3.05, 3.63) is 12.2 Å². The number of methoxy groups -OCH3 is 1. The highest BCUT2D eigenvalue weighted by Gasteiger charge is 2.07. The maximum Gasteiger partial charge on any atom is 0.305 e. The number of carbonyl (C=O) groups excluding carboxylic acids is 2. The monoisotopic (exact) mass is 204 g/mol. The Bertz CT molecular complexity index is 211. The van der Waals surface area contributed by atoms with Crippen LogP contribution in [0.1, 0.15) is 19.3 Å². The van der Waals surface area contributed by atoms with Gasteiger partial charge in [0.25, 0.3) is 0 Å². The van der Waals surface area contributed by atoms with E-state index in [4.69, 9.17) is 11.6 Å². The molecule has 0 rings (SSSR count). The molecular weight excluding hydrogens is 192 g/mol. The molecule has 0 saturated carbocycles. The molecule has 0 radical (unpaired) electrons. The second-order valence-corrected chi connectivity index (χ2v) is 2.94. The lowest BCUT2D eigenvalue weighted by molar-refractivity contribution is -0.141. The zero-order valence-electron chi connectivity index (χ0n) is 7.64. The number of allylic oxidation sites excluding steroid dienone is 1. The molecule has 0 aliphatic rings. The van der Waals surface area contributed by atoms with Crippen LogP contribution in [-0.2, 0) is 14.3 Å². The lowest BCUT2D eigenvalue weighted by Gasteiger charge is -2.00. The molecular formula is C9H13ClO3. The van der Waals surface area contributed by atoms with Gasteiger partial charge < -0.3 is 4.74 Å². The van der Waals surface area contributed by atoms with Gasteiger partial charge in [0.15, 0.2) is 0 Å². The van der Waals surface area contributed by atoms with Gasteiger partial charge in [0.2, 0.25) is 0 Å². The molecule has 0 fully saturated rings. The Hall–Kier alpha value is -0.830. The lowest BCUT2D eigenvalue weighted by atomic mass is 10.1. The van der Waals surface area contributed by atoms with Crippen molar-refractivity contribution < 1.29 is 14.3 Å². The van der Waals surface area contributed by atoms with Gasteiger partial charge in [0.1, 0.15) is 5.78 Å². The van der Waals surface area contributed by atoms with Crippen LogP contribution in [0.5, 0.6) is 0 Å². The van der Waals surface area contributed by atoms with Gasteiger partial charge in [-0.2, -0.15) is 0 Å². The number of ether oxygens (including phenoxy) is 1. The van der Waals surface area contributed by atoms with Crippen LogP contribution < -0.4 is 0 Å². The van der Waals surface area contributed by atoms with Crippen molar-refractivity contribution in [2.45, 2.75) is 19.3 Å². The first-order chi connectivity index (χ1) is 6.10.